The van der Waals surface area contributed by atoms with Crippen LogP contribution < -0.4 is 10.9 Å². The molecule has 3 atom stereocenters. The lowest BCUT2D eigenvalue weighted by molar-refractivity contribution is -0.139. The zero-order valence-electron chi connectivity index (χ0n) is 27.1. The number of methoxy groups -OCH3 is 1. The maximum atomic E-state index is 15.3. The summed E-state index contributed by atoms with van der Waals surface area (Å²) in [7, 11) is 4.71. The molecule has 0 unspecified atom stereocenters. The molecular formula is C37H32F5N3O5. The Balaban J connectivity index is 1.36. The van der Waals surface area contributed by atoms with Gasteiger partial charge in [-0.2, -0.15) is 13.2 Å². The highest BCUT2D eigenvalue weighted by Gasteiger charge is 2.39. The van der Waals surface area contributed by atoms with E-state index >= 15 is 8.78 Å². The van der Waals surface area contributed by atoms with Gasteiger partial charge in [0, 0.05) is 38.6 Å². The Morgan fingerprint density at radius 2 is 1.60 bits per heavy atom. The van der Waals surface area contributed by atoms with Gasteiger partial charge in [-0.3, -0.25) is 14.5 Å². The number of nitrogens with one attached hydrogen (secondary N) is 1. The number of rotatable bonds is 8. The summed E-state index contributed by atoms with van der Waals surface area (Å²) in [5.41, 5.74) is -2.81. The van der Waals surface area contributed by atoms with Crippen molar-refractivity contribution < 1.29 is 41.4 Å². The second-order valence-electron chi connectivity index (χ2n) is 12.4. The summed E-state index contributed by atoms with van der Waals surface area (Å²) in [4.78, 5) is 41.0. The molecule has 6 rings (SSSR count). The minimum atomic E-state index is -4.90. The summed E-state index contributed by atoms with van der Waals surface area (Å²) in [6, 6.07) is 14.7. The number of benzene rings is 4. The molecule has 50 heavy (non-hydrogen) atoms. The first-order valence-electron chi connectivity index (χ1n) is 15.7. The third-order valence-corrected chi connectivity index (χ3v) is 9.42. The molecule has 0 spiro atoms. The second-order valence-corrected chi connectivity index (χ2v) is 12.4. The van der Waals surface area contributed by atoms with Gasteiger partial charge in [-0.15, -0.1) is 0 Å². The topological polar surface area (TPSA) is 101 Å². The number of aryl methyl sites for hydroxylation is 1. The number of alkyl halides is 3. The number of pyridine rings is 1. The summed E-state index contributed by atoms with van der Waals surface area (Å²) >= 11 is 0. The van der Waals surface area contributed by atoms with Gasteiger partial charge in [0.05, 0.1) is 22.7 Å². The van der Waals surface area contributed by atoms with Crippen LogP contribution in [0.25, 0.3) is 32.8 Å². The molecule has 1 amide bonds. The van der Waals surface area contributed by atoms with E-state index in [0.717, 1.165) is 16.7 Å². The monoisotopic (exact) mass is 693 g/mol. The van der Waals surface area contributed by atoms with E-state index in [4.69, 9.17) is 4.74 Å². The fraction of sp³-hybridized carbons (Fsp3) is 0.270. The maximum Gasteiger partial charge on any atom is 0.417 e. The third kappa shape index (κ3) is 6.22. The number of aliphatic carboxylic acids is 1. The first-order valence-corrected chi connectivity index (χ1v) is 15.7. The molecule has 1 aromatic heterocycles. The number of carboxylic acid groups (broad SMARTS) is 1. The Kier molecular flexibility index (Phi) is 9.23. The number of likely N-dealkylation sites (N-methyl/N-ethyl adjacent to an activating group) is 1. The number of hydrogen-bond donors (Lipinski definition) is 2. The molecule has 1 fully saturated rings. The Hall–Kier alpha value is -5.14. The summed E-state index contributed by atoms with van der Waals surface area (Å²) in [6.45, 7) is 0.547. The number of hydrogen-bond acceptors (Lipinski definition) is 5. The van der Waals surface area contributed by atoms with E-state index in [9.17, 15) is 32.7 Å². The van der Waals surface area contributed by atoms with Crippen molar-refractivity contribution in [3.63, 3.8) is 0 Å². The van der Waals surface area contributed by atoms with Crippen molar-refractivity contribution >= 4 is 33.6 Å². The molecule has 13 heteroatoms. The van der Waals surface area contributed by atoms with E-state index in [0.29, 0.717) is 29.5 Å². The lowest BCUT2D eigenvalue weighted by Crippen LogP contribution is -2.43. The molecule has 5 aromatic rings. The van der Waals surface area contributed by atoms with E-state index in [1.165, 1.54) is 61.6 Å². The predicted octanol–water partition coefficient (Wildman–Crippen LogP) is 6.47. The van der Waals surface area contributed by atoms with Crippen molar-refractivity contribution in [3.05, 3.63) is 117 Å². The zero-order chi connectivity index (χ0) is 36.1. The average molecular weight is 694 g/mol. The molecule has 8 nitrogen and oxygen atoms in total. The van der Waals surface area contributed by atoms with Crippen molar-refractivity contribution in [2.75, 3.05) is 20.7 Å². The lowest BCUT2D eigenvalue weighted by Gasteiger charge is -2.21. The molecule has 2 N–H and O–H groups in total. The van der Waals surface area contributed by atoms with Gasteiger partial charge < -0.3 is 19.7 Å². The quantitative estimate of drug-likeness (QED) is 0.181. The fourth-order valence-electron chi connectivity index (χ4n) is 6.98. The molecular weight excluding hydrogens is 661 g/mol. The highest BCUT2D eigenvalue weighted by Crippen LogP contribution is 2.42. The molecule has 260 valence electrons. The van der Waals surface area contributed by atoms with Crippen LogP contribution in [0.15, 0.2) is 77.6 Å². The van der Waals surface area contributed by atoms with Crippen LogP contribution in [0.4, 0.5) is 22.0 Å². The second kappa shape index (κ2) is 13.3. The number of para-hydroxylation sites is 1. The van der Waals surface area contributed by atoms with E-state index in [1.54, 1.807) is 20.2 Å². The van der Waals surface area contributed by atoms with Crippen LogP contribution in [0.2, 0.25) is 0 Å². The van der Waals surface area contributed by atoms with Crippen molar-refractivity contribution in [2.45, 2.75) is 37.2 Å². The maximum absolute atomic E-state index is 15.3. The first kappa shape index (κ1) is 34.7. The van der Waals surface area contributed by atoms with Gasteiger partial charge in [-0.1, -0.05) is 54.6 Å². The highest BCUT2D eigenvalue weighted by atomic mass is 19.4. The minimum absolute atomic E-state index is 0.0205. The Morgan fingerprint density at radius 1 is 0.960 bits per heavy atom. The molecule has 0 aliphatic carbocycles. The van der Waals surface area contributed by atoms with Gasteiger partial charge in [-0.05, 0) is 59.1 Å². The van der Waals surface area contributed by atoms with Gasteiger partial charge in [-0.25, -0.2) is 13.6 Å². The van der Waals surface area contributed by atoms with Crippen LogP contribution in [0, 0.1) is 11.6 Å². The van der Waals surface area contributed by atoms with Crippen molar-refractivity contribution in [3.8, 4) is 11.1 Å². The van der Waals surface area contributed by atoms with E-state index in [1.807, 2.05) is 4.90 Å². The summed E-state index contributed by atoms with van der Waals surface area (Å²) in [6.07, 6.45) is -4.94. The summed E-state index contributed by atoms with van der Waals surface area (Å²) in [5, 5.41) is 12.6. The van der Waals surface area contributed by atoms with Crippen LogP contribution in [0.3, 0.4) is 0 Å². The number of carbonyl (C=O) groups is 2. The predicted molar refractivity (Wildman–Crippen MR) is 177 cm³/mol. The van der Waals surface area contributed by atoms with Crippen molar-refractivity contribution in [2.24, 2.45) is 7.05 Å². The standard InChI is InChI=1S/C37H32F5N3O5/c1-44-18-21(50-3)17-30(44)20-14-26(38)32(27(39)15-20)34(46)43-28(36(48)49)16-19-8-6-11-23-22(19)10-7-12-24(23)31-33(37(40,41)42)25-9-4-5-13-29(25)45(2)35(31)47/h4-15,21,28,30H,16-18H2,1-3H3,(H,43,46)(H,48,49)/t21-,28-,30+/m0/s1. The zero-order valence-corrected chi connectivity index (χ0v) is 27.1. The number of aromatic nitrogens is 1. The highest BCUT2D eigenvalue weighted by molar-refractivity contribution is 6.02. The number of nitrogens with zero attached hydrogens (tertiary/aromatic N) is 2. The van der Waals surface area contributed by atoms with E-state index in [2.05, 4.69) is 5.32 Å². The largest absolute Gasteiger partial charge is 0.480 e. The molecule has 1 saturated heterocycles. The van der Waals surface area contributed by atoms with Gasteiger partial charge in [0.25, 0.3) is 11.5 Å². The number of carboxylic acids is 1. The third-order valence-electron chi connectivity index (χ3n) is 9.42. The van der Waals surface area contributed by atoms with Crippen LogP contribution in [-0.2, 0) is 29.2 Å². The van der Waals surface area contributed by atoms with E-state index in [-0.39, 0.29) is 34.0 Å². The van der Waals surface area contributed by atoms with Crippen molar-refractivity contribution in [1.82, 2.24) is 14.8 Å². The Bertz CT molecular complexity index is 2190. The molecule has 4 aromatic carbocycles. The smallest absolute Gasteiger partial charge is 0.417 e. The van der Waals surface area contributed by atoms with Crippen LogP contribution in [0.5, 0.6) is 0 Å². The lowest BCUT2D eigenvalue weighted by atomic mass is 9.90. The molecule has 0 saturated carbocycles. The van der Waals surface area contributed by atoms with Crippen molar-refractivity contribution in [1.29, 1.82) is 0 Å². The number of halogens is 5. The number of likely N-dealkylation sites (tertiary alicyclic amines) is 1. The number of carbonyl (C=O) groups excluding carboxylic acids is 1. The van der Waals surface area contributed by atoms with Gasteiger partial charge >= 0.3 is 12.1 Å². The number of amides is 1. The molecule has 0 radical (unpaired) electrons. The summed E-state index contributed by atoms with van der Waals surface area (Å²) in [5.74, 6) is -5.12. The molecule has 1 aliphatic rings. The van der Waals surface area contributed by atoms with E-state index < -0.39 is 64.4 Å². The Morgan fingerprint density at radius 3 is 2.24 bits per heavy atom. The SMILES string of the molecule is CO[C@H]1C[C@H](c2cc(F)c(C(=O)N[C@@H](Cc3cccc4c(-c5c(C(F)(F)F)c6ccccc6n(C)c5=O)cccc34)C(=O)O)c(F)c2)N(C)C1. The Labute approximate surface area is 282 Å². The van der Waals surface area contributed by atoms with Gasteiger partial charge in [0.2, 0.25) is 0 Å². The fourth-order valence-corrected chi connectivity index (χ4v) is 6.98. The number of ether oxygens (including phenoxy) is 1. The number of fused-ring (bicyclic) bond motifs is 2. The summed E-state index contributed by atoms with van der Waals surface area (Å²) < 4.78 is 81.1. The average Bonchev–Trinajstić information content (AvgIpc) is 3.45. The van der Waals surface area contributed by atoms with Crippen LogP contribution in [0.1, 0.15) is 39.5 Å². The van der Waals surface area contributed by atoms with Gasteiger partial charge in [0.1, 0.15) is 23.2 Å². The van der Waals surface area contributed by atoms with Gasteiger partial charge in [0.15, 0.2) is 0 Å². The van der Waals surface area contributed by atoms with Crippen LogP contribution in [-0.4, -0.2) is 59.3 Å². The molecule has 2 heterocycles. The minimum Gasteiger partial charge on any atom is -0.480 e. The molecule has 1 aliphatic heterocycles. The molecule has 0 bridgehead atoms. The van der Waals surface area contributed by atoms with Crippen LogP contribution >= 0.6 is 0 Å². The first-order chi connectivity index (χ1) is 23.7. The normalized spacial score (nSPS) is 17.4.